The van der Waals surface area contributed by atoms with Gasteiger partial charge in [-0.05, 0) is 31.1 Å². The highest BCUT2D eigenvalue weighted by atomic mass is 19.1. The zero-order valence-electron chi connectivity index (χ0n) is 8.15. The summed E-state index contributed by atoms with van der Waals surface area (Å²) in [5.41, 5.74) is 0.493. The summed E-state index contributed by atoms with van der Waals surface area (Å²) >= 11 is 0. The maximum Gasteiger partial charge on any atom is 0.272 e. The molecular formula is C10H11FN2O2. The van der Waals surface area contributed by atoms with E-state index < -0.39 is 10.7 Å². The molecule has 1 aromatic rings. The Bertz CT molecular complexity index is 391. The lowest BCUT2D eigenvalue weighted by molar-refractivity contribution is -0.385. The third-order valence-corrected chi connectivity index (χ3v) is 2.51. The van der Waals surface area contributed by atoms with Gasteiger partial charge >= 0.3 is 0 Å². The maximum absolute atomic E-state index is 13.0. The zero-order chi connectivity index (χ0) is 10.8. The predicted octanol–water partition coefficient (Wildman–Crippen LogP) is 1.94. The quantitative estimate of drug-likeness (QED) is 0.565. The standard InChI is InChI=1S/C10H11FN2O2/c11-9-4-8(7-12-2-1-3-12)5-10(6-9)13(14)15/h4-6H,1-3,7H2. The van der Waals surface area contributed by atoms with Crippen molar-refractivity contribution in [1.82, 2.24) is 4.90 Å². The van der Waals surface area contributed by atoms with Crippen molar-refractivity contribution >= 4 is 5.69 Å². The molecule has 1 heterocycles. The Kier molecular flexibility index (Phi) is 2.64. The van der Waals surface area contributed by atoms with E-state index in [4.69, 9.17) is 0 Å². The molecule has 5 heteroatoms. The minimum Gasteiger partial charge on any atom is -0.299 e. The highest BCUT2D eigenvalue weighted by Gasteiger charge is 2.16. The number of nitro benzene ring substituents is 1. The fourth-order valence-electron chi connectivity index (χ4n) is 1.63. The first-order chi connectivity index (χ1) is 7.15. The van der Waals surface area contributed by atoms with Crippen LogP contribution in [-0.2, 0) is 6.54 Å². The van der Waals surface area contributed by atoms with Crippen LogP contribution in [0, 0.1) is 15.9 Å². The molecule has 0 atom stereocenters. The van der Waals surface area contributed by atoms with Crippen molar-refractivity contribution in [2.24, 2.45) is 0 Å². The average molecular weight is 210 g/mol. The average Bonchev–Trinajstić information content (AvgIpc) is 2.10. The van der Waals surface area contributed by atoms with Crippen LogP contribution >= 0.6 is 0 Å². The molecule has 0 bridgehead atoms. The number of non-ortho nitro benzene ring substituents is 1. The van der Waals surface area contributed by atoms with Crippen molar-refractivity contribution < 1.29 is 9.31 Å². The normalized spacial score (nSPS) is 16.1. The van der Waals surface area contributed by atoms with E-state index in [-0.39, 0.29) is 5.69 Å². The smallest absolute Gasteiger partial charge is 0.272 e. The molecule has 0 N–H and O–H groups in total. The summed E-state index contributed by atoms with van der Waals surface area (Å²) in [7, 11) is 0. The number of hydrogen-bond donors (Lipinski definition) is 0. The number of rotatable bonds is 3. The Hall–Kier alpha value is -1.49. The maximum atomic E-state index is 13.0. The number of benzene rings is 1. The molecule has 1 aliphatic rings. The Morgan fingerprint density at radius 3 is 2.67 bits per heavy atom. The first-order valence-corrected chi connectivity index (χ1v) is 4.81. The number of nitrogens with zero attached hydrogens (tertiary/aromatic N) is 2. The molecule has 80 valence electrons. The van der Waals surface area contributed by atoms with Crippen molar-refractivity contribution in [1.29, 1.82) is 0 Å². The van der Waals surface area contributed by atoms with Crippen molar-refractivity contribution in [2.75, 3.05) is 13.1 Å². The van der Waals surface area contributed by atoms with Gasteiger partial charge in [0.15, 0.2) is 0 Å². The third kappa shape index (κ3) is 2.30. The monoisotopic (exact) mass is 210 g/mol. The second-order valence-corrected chi connectivity index (χ2v) is 3.70. The van der Waals surface area contributed by atoms with Gasteiger partial charge in [0, 0.05) is 12.6 Å². The van der Waals surface area contributed by atoms with Crippen molar-refractivity contribution in [2.45, 2.75) is 13.0 Å². The van der Waals surface area contributed by atoms with Crippen LogP contribution in [0.2, 0.25) is 0 Å². The molecule has 15 heavy (non-hydrogen) atoms. The van der Waals surface area contributed by atoms with Crippen LogP contribution in [0.25, 0.3) is 0 Å². The van der Waals surface area contributed by atoms with Crippen molar-refractivity contribution in [3.8, 4) is 0 Å². The molecule has 1 aliphatic heterocycles. The second kappa shape index (κ2) is 3.94. The summed E-state index contributed by atoms with van der Waals surface area (Å²) < 4.78 is 13.0. The van der Waals surface area contributed by atoms with Gasteiger partial charge in [0.25, 0.3) is 5.69 Å². The summed E-state index contributed by atoms with van der Waals surface area (Å²) in [6, 6.07) is 3.73. The van der Waals surface area contributed by atoms with Gasteiger partial charge in [-0.25, -0.2) is 4.39 Å². The van der Waals surface area contributed by atoms with Crippen LogP contribution in [0.5, 0.6) is 0 Å². The molecule has 0 amide bonds. The first kappa shape index (κ1) is 10.0. The molecule has 0 unspecified atom stereocenters. The molecule has 0 saturated carbocycles. The number of hydrogen-bond acceptors (Lipinski definition) is 3. The SMILES string of the molecule is O=[N+]([O-])c1cc(F)cc(CN2CCC2)c1. The summed E-state index contributed by atoms with van der Waals surface area (Å²) in [4.78, 5) is 12.1. The Labute approximate surface area is 86.5 Å². The highest BCUT2D eigenvalue weighted by molar-refractivity contribution is 5.35. The third-order valence-electron chi connectivity index (χ3n) is 2.51. The molecule has 0 spiro atoms. The van der Waals surface area contributed by atoms with Gasteiger partial charge in [-0.2, -0.15) is 0 Å². The van der Waals surface area contributed by atoms with Crippen LogP contribution in [0.1, 0.15) is 12.0 Å². The van der Waals surface area contributed by atoms with Gasteiger partial charge < -0.3 is 0 Å². The molecule has 0 aromatic heterocycles. The Morgan fingerprint density at radius 1 is 1.40 bits per heavy atom. The number of halogens is 1. The molecule has 1 saturated heterocycles. The molecule has 0 radical (unpaired) electrons. The first-order valence-electron chi connectivity index (χ1n) is 4.81. The molecule has 2 rings (SSSR count). The van der Waals surface area contributed by atoms with E-state index in [1.807, 2.05) is 0 Å². The minimum atomic E-state index is -0.567. The van der Waals surface area contributed by atoms with Crippen LogP contribution in [-0.4, -0.2) is 22.9 Å². The predicted molar refractivity (Wildman–Crippen MR) is 52.9 cm³/mol. The lowest BCUT2D eigenvalue weighted by Gasteiger charge is -2.30. The van der Waals surface area contributed by atoms with Gasteiger partial charge in [0.05, 0.1) is 11.0 Å². The van der Waals surface area contributed by atoms with E-state index in [0.29, 0.717) is 12.1 Å². The summed E-state index contributed by atoms with van der Waals surface area (Å²) in [6.07, 6.45) is 1.15. The fourth-order valence-corrected chi connectivity index (χ4v) is 1.63. The van der Waals surface area contributed by atoms with Gasteiger partial charge in [0.2, 0.25) is 0 Å². The van der Waals surface area contributed by atoms with Crippen LogP contribution < -0.4 is 0 Å². The van der Waals surface area contributed by atoms with Gasteiger partial charge in [-0.1, -0.05) is 0 Å². The minimum absolute atomic E-state index is 0.175. The molecule has 0 aliphatic carbocycles. The van der Waals surface area contributed by atoms with E-state index in [0.717, 1.165) is 25.6 Å². The van der Waals surface area contributed by atoms with E-state index in [1.54, 1.807) is 0 Å². The molecular weight excluding hydrogens is 199 g/mol. The lowest BCUT2D eigenvalue weighted by atomic mass is 10.1. The number of likely N-dealkylation sites (tertiary alicyclic amines) is 1. The second-order valence-electron chi connectivity index (χ2n) is 3.70. The highest BCUT2D eigenvalue weighted by Crippen LogP contribution is 2.19. The fraction of sp³-hybridized carbons (Fsp3) is 0.400. The van der Waals surface area contributed by atoms with Crippen LogP contribution in [0.3, 0.4) is 0 Å². The Morgan fingerprint density at radius 2 is 2.13 bits per heavy atom. The summed E-state index contributed by atoms with van der Waals surface area (Å²) in [5, 5.41) is 10.5. The van der Waals surface area contributed by atoms with Crippen LogP contribution in [0.15, 0.2) is 18.2 Å². The molecule has 1 fully saturated rings. The van der Waals surface area contributed by atoms with E-state index in [2.05, 4.69) is 4.90 Å². The topological polar surface area (TPSA) is 46.4 Å². The Balaban J connectivity index is 2.18. The summed E-state index contributed by atoms with van der Waals surface area (Å²) in [5.74, 6) is -0.542. The number of nitro groups is 1. The van der Waals surface area contributed by atoms with Gasteiger partial charge in [0.1, 0.15) is 5.82 Å². The molecule has 4 nitrogen and oxygen atoms in total. The van der Waals surface area contributed by atoms with E-state index in [1.165, 1.54) is 12.1 Å². The lowest BCUT2D eigenvalue weighted by Crippen LogP contribution is -2.36. The zero-order valence-corrected chi connectivity index (χ0v) is 8.15. The van der Waals surface area contributed by atoms with Crippen molar-refractivity contribution in [3.05, 3.63) is 39.7 Å². The van der Waals surface area contributed by atoms with Crippen molar-refractivity contribution in [3.63, 3.8) is 0 Å². The molecule has 1 aromatic carbocycles. The largest absolute Gasteiger partial charge is 0.299 e. The van der Waals surface area contributed by atoms with Gasteiger partial charge in [-0.15, -0.1) is 0 Å². The van der Waals surface area contributed by atoms with E-state index in [9.17, 15) is 14.5 Å². The van der Waals surface area contributed by atoms with Crippen LogP contribution in [0.4, 0.5) is 10.1 Å². The summed E-state index contributed by atoms with van der Waals surface area (Å²) in [6.45, 7) is 2.58. The van der Waals surface area contributed by atoms with E-state index >= 15 is 0 Å². The van der Waals surface area contributed by atoms with Gasteiger partial charge in [-0.3, -0.25) is 15.0 Å².